The lowest BCUT2D eigenvalue weighted by molar-refractivity contribution is 0.358. The van der Waals surface area contributed by atoms with Gasteiger partial charge in [-0.15, -0.1) is 0 Å². The van der Waals surface area contributed by atoms with E-state index in [9.17, 15) is 0 Å². The second-order valence-electron chi connectivity index (χ2n) is 5.39. The molecule has 1 heterocycles. The average Bonchev–Trinajstić information content (AvgIpc) is 2.46. The Morgan fingerprint density at radius 1 is 1.06 bits per heavy atom. The molecule has 1 atom stereocenters. The van der Waals surface area contributed by atoms with E-state index in [0.717, 1.165) is 5.92 Å². The van der Waals surface area contributed by atoms with Crippen molar-refractivity contribution in [3.8, 4) is 0 Å². The molecule has 0 radical (unpaired) electrons. The zero-order chi connectivity index (χ0) is 12.2. The van der Waals surface area contributed by atoms with Crippen LogP contribution in [0.4, 0.5) is 0 Å². The summed E-state index contributed by atoms with van der Waals surface area (Å²) in [5, 5.41) is 6.31. The maximum Gasteiger partial charge on any atom is -0.00204 e. The molecule has 0 aliphatic carbocycles. The van der Waals surface area contributed by atoms with Crippen molar-refractivity contribution < 1.29 is 0 Å². The molecular formula is C17H21N. The fraction of sp³-hybridized carbons (Fsp3) is 0.412. The number of aryl methyl sites for hydroxylation is 1. The molecule has 1 saturated heterocycles. The van der Waals surface area contributed by atoms with Crippen LogP contribution in [0.5, 0.6) is 0 Å². The van der Waals surface area contributed by atoms with Crippen LogP contribution in [0.3, 0.4) is 0 Å². The van der Waals surface area contributed by atoms with Gasteiger partial charge in [0.25, 0.3) is 0 Å². The largest absolute Gasteiger partial charge is 0.316 e. The van der Waals surface area contributed by atoms with Gasteiger partial charge in [0.05, 0.1) is 0 Å². The Morgan fingerprint density at radius 3 is 2.83 bits per heavy atom. The first-order valence-electron chi connectivity index (χ1n) is 7.11. The molecule has 2 aromatic rings. The van der Waals surface area contributed by atoms with E-state index in [-0.39, 0.29) is 0 Å². The maximum absolute atomic E-state index is 3.51. The van der Waals surface area contributed by atoms with Crippen LogP contribution in [0, 0.1) is 5.92 Å². The Bertz CT molecular complexity index is 507. The molecule has 1 heteroatoms. The SMILES string of the molecule is c1ccc2c(CCC3CCCNC3)cccc2c1. The summed E-state index contributed by atoms with van der Waals surface area (Å²) in [5.74, 6) is 0.873. The Labute approximate surface area is 109 Å². The summed E-state index contributed by atoms with van der Waals surface area (Å²) in [5.41, 5.74) is 1.51. The summed E-state index contributed by atoms with van der Waals surface area (Å²) < 4.78 is 0. The van der Waals surface area contributed by atoms with Crippen molar-refractivity contribution in [2.75, 3.05) is 13.1 Å². The number of hydrogen-bond donors (Lipinski definition) is 1. The third-order valence-corrected chi connectivity index (χ3v) is 4.10. The highest BCUT2D eigenvalue weighted by molar-refractivity contribution is 5.85. The van der Waals surface area contributed by atoms with E-state index in [0.29, 0.717) is 0 Å². The van der Waals surface area contributed by atoms with Crippen molar-refractivity contribution in [2.45, 2.75) is 25.7 Å². The van der Waals surface area contributed by atoms with Gasteiger partial charge in [0.1, 0.15) is 0 Å². The second kappa shape index (κ2) is 5.53. The smallest absolute Gasteiger partial charge is 0.00204 e. The van der Waals surface area contributed by atoms with Gasteiger partial charge in [-0.25, -0.2) is 0 Å². The number of hydrogen-bond acceptors (Lipinski definition) is 1. The minimum atomic E-state index is 0.873. The lowest BCUT2D eigenvalue weighted by Crippen LogP contribution is -2.29. The number of piperidine rings is 1. The number of fused-ring (bicyclic) bond motifs is 1. The summed E-state index contributed by atoms with van der Waals surface area (Å²) in [6, 6.07) is 15.4. The second-order valence-corrected chi connectivity index (χ2v) is 5.39. The van der Waals surface area contributed by atoms with Crippen LogP contribution in [0.15, 0.2) is 42.5 Å². The van der Waals surface area contributed by atoms with Crippen molar-refractivity contribution in [1.82, 2.24) is 5.32 Å². The van der Waals surface area contributed by atoms with Crippen molar-refractivity contribution in [2.24, 2.45) is 5.92 Å². The molecule has 1 unspecified atom stereocenters. The van der Waals surface area contributed by atoms with Gasteiger partial charge in [-0.1, -0.05) is 42.5 Å². The Morgan fingerprint density at radius 2 is 1.94 bits per heavy atom. The monoisotopic (exact) mass is 239 g/mol. The quantitative estimate of drug-likeness (QED) is 0.859. The molecule has 3 rings (SSSR count). The third-order valence-electron chi connectivity index (χ3n) is 4.10. The Kier molecular flexibility index (Phi) is 3.61. The predicted molar refractivity (Wildman–Crippen MR) is 77.9 cm³/mol. The average molecular weight is 239 g/mol. The van der Waals surface area contributed by atoms with Gasteiger partial charge >= 0.3 is 0 Å². The van der Waals surface area contributed by atoms with Crippen molar-refractivity contribution in [3.05, 3.63) is 48.0 Å². The molecule has 2 aromatic carbocycles. The minimum Gasteiger partial charge on any atom is -0.316 e. The zero-order valence-corrected chi connectivity index (χ0v) is 10.9. The van der Waals surface area contributed by atoms with E-state index < -0.39 is 0 Å². The first-order chi connectivity index (χ1) is 8.93. The van der Waals surface area contributed by atoms with Crippen LogP contribution in [0.1, 0.15) is 24.8 Å². The highest BCUT2D eigenvalue weighted by Gasteiger charge is 2.13. The molecule has 0 saturated carbocycles. The molecule has 94 valence electrons. The summed E-state index contributed by atoms with van der Waals surface area (Å²) >= 11 is 0. The maximum atomic E-state index is 3.51. The highest BCUT2D eigenvalue weighted by Crippen LogP contribution is 2.23. The molecule has 1 aliphatic rings. The summed E-state index contributed by atoms with van der Waals surface area (Å²) in [6.07, 6.45) is 5.28. The van der Waals surface area contributed by atoms with Crippen LogP contribution >= 0.6 is 0 Å². The molecule has 1 N–H and O–H groups in total. The number of nitrogens with one attached hydrogen (secondary N) is 1. The molecule has 0 aromatic heterocycles. The van der Waals surface area contributed by atoms with Gasteiger partial charge in [-0.05, 0) is 61.0 Å². The topological polar surface area (TPSA) is 12.0 Å². The van der Waals surface area contributed by atoms with Crippen LogP contribution in [-0.2, 0) is 6.42 Å². The van der Waals surface area contributed by atoms with Gasteiger partial charge < -0.3 is 5.32 Å². The van der Waals surface area contributed by atoms with Crippen molar-refractivity contribution in [3.63, 3.8) is 0 Å². The fourth-order valence-corrected chi connectivity index (χ4v) is 3.04. The predicted octanol–water partition coefficient (Wildman–Crippen LogP) is 3.77. The molecule has 0 amide bonds. The summed E-state index contributed by atoms with van der Waals surface area (Å²) in [6.45, 7) is 2.43. The lowest BCUT2D eigenvalue weighted by atomic mass is 9.91. The number of benzene rings is 2. The van der Waals surface area contributed by atoms with E-state index in [4.69, 9.17) is 0 Å². The fourth-order valence-electron chi connectivity index (χ4n) is 3.04. The molecule has 1 aliphatic heterocycles. The molecule has 1 nitrogen and oxygen atoms in total. The van der Waals surface area contributed by atoms with Gasteiger partial charge in [0.15, 0.2) is 0 Å². The van der Waals surface area contributed by atoms with E-state index in [1.54, 1.807) is 0 Å². The lowest BCUT2D eigenvalue weighted by Gasteiger charge is -2.22. The van der Waals surface area contributed by atoms with E-state index in [2.05, 4.69) is 47.8 Å². The van der Waals surface area contributed by atoms with Crippen LogP contribution in [0.2, 0.25) is 0 Å². The zero-order valence-electron chi connectivity index (χ0n) is 10.9. The van der Waals surface area contributed by atoms with Crippen LogP contribution < -0.4 is 5.32 Å². The third kappa shape index (κ3) is 2.56. The van der Waals surface area contributed by atoms with E-state index in [1.165, 1.54) is 55.1 Å². The summed E-state index contributed by atoms with van der Waals surface area (Å²) in [7, 11) is 0. The van der Waals surface area contributed by atoms with Gasteiger partial charge in [-0.3, -0.25) is 0 Å². The summed E-state index contributed by atoms with van der Waals surface area (Å²) in [4.78, 5) is 0. The first-order valence-corrected chi connectivity index (χ1v) is 7.11. The van der Waals surface area contributed by atoms with Crippen molar-refractivity contribution >= 4 is 10.8 Å². The van der Waals surface area contributed by atoms with Crippen LogP contribution in [-0.4, -0.2) is 13.1 Å². The Balaban J connectivity index is 1.74. The standard InChI is InChI=1S/C17H21N/c1-2-9-17-15(6-1)7-3-8-16(17)11-10-14-5-4-12-18-13-14/h1-3,6-9,14,18H,4-5,10-13H2. The van der Waals surface area contributed by atoms with Crippen molar-refractivity contribution in [1.29, 1.82) is 0 Å². The van der Waals surface area contributed by atoms with Gasteiger partial charge in [0, 0.05) is 0 Å². The minimum absolute atomic E-state index is 0.873. The van der Waals surface area contributed by atoms with E-state index in [1.807, 2.05) is 0 Å². The molecule has 0 spiro atoms. The van der Waals surface area contributed by atoms with Crippen LogP contribution in [0.25, 0.3) is 10.8 Å². The molecule has 18 heavy (non-hydrogen) atoms. The normalized spacial score (nSPS) is 20.1. The highest BCUT2D eigenvalue weighted by atomic mass is 14.9. The Hall–Kier alpha value is -1.34. The van der Waals surface area contributed by atoms with E-state index >= 15 is 0 Å². The van der Waals surface area contributed by atoms with Gasteiger partial charge in [0.2, 0.25) is 0 Å². The number of rotatable bonds is 3. The van der Waals surface area contributed by atoms with Gasteiger partial charge in [-0.2, -0.15) is 0 Å². The first kappa shape index (κ1) is 11.7. The molecule has 1 fully saturated rings. The molecule has 0 bridgehead atoms. The molecular weight excluding hydrogens is 218 g/mol.